The normalized spacial score (nSPS) is 11.4. The first-order valence-corrected chi connectivity index (χ1v) is 9.13. The van der Waals surface area contributed by atoms with E-state index in [4.69, 9.17) is 0 Å². The van der Waals surface area contributed by atoms with Crippen LogP contribution in [-0.2, 0) is 10.0 Å². The number of hydrogen-bond donors (Lipinski definition) is 2. The second kappa shape index (κ2) is 7.10. The predicted molar refractivity (Wildman–Crippen MR) is 96.9 cm³/mol. The highest BCUT2D eigenvalue weighted by Crippen LogP contribution is 2.23. The molecular formula is C17H21N3O4S. The largest absolute Gasteiger partial charge is 0.478 e. The summed E-state index contributed by atoms with van der Waals surface area (Å²) in [4.78, 5) is 17.1. The lowest BCUT2D eigenvalue weighted by molar-refractivity contribution is 0.0697. The van der Waals surface area contributed by atoms with Crippen LogP contribution in [0.2, 0.25) is 0 Å². The molecule has 0 aliphatic carbocycles. The molecule has 1 aromatic carbocycles. The second-order valence-corrected chi connectivity index (χ2v) is 7.81. The third kappa shape index (κ3) is 4.27. The first-order chi connectivity index (χ1) is 11.6. The monoisotopic (exact) mass is 363 g/mol. The molecule has 0 radical (unpaired) electrons. The predicted octanol–water partition coefficient (Wildman–Crippen LogP) is 2.77. The topological polar surface area (TPSA) is 99.6 Å². The maximum atomic E-state index is 12.5. The fourth-order valence-electron chi connectivity index (χ4n) is 2.27. The van der Waals surface area contributed by atoms with Gasteiger partial charge in [0.05, 0.1) is 16.8 Å². The van der Waals surface area contributed by atoms with Gasteiger partial charge in [-0.25, -0.2) is 18.2 Å². The molecule has 0 unspecified atom stereocenters. The number of benzene rings is 1. The van der Waals surface area contributed by atoms with Crippen molar-refractivity contribution in [3.8, 4) is 0 Å². The molecule has 0 amide bonds. The average Bonchev–Trinajstić information content (AvgIpc) is 2.54. The zero-order chi connectivity index (χ0) is 18.8. The van der Waals surface area contributed by atoms with Gasteiger partial charge in [0.15, 0.2) is 0 Å². The van der Waals surface area contributed by atoms with E-state index in [-0.39, 0.29) is 22.0 Å². The van der Waals surface area contributed by atoms with Crippen LogP contribution in [0.3, 0.4) is 0 Å². The molecule has 1 aromatic heterocycles. The fourth-order valence-corrected chi connectivity index (χ4v) is 3.31. The molecule has 7 nitrogen and oxygen atoms in total. The van der Waals surface area contributed by atoms with Gasteiger partial charge in [-0.15, -0.1) is 0 Å². The Balaban J connectivity index is 2.34. The minimum Gasteiger partial charge on any atom is -0.478 e. The molecule has 0 aliphatic heterocycles. The minimum absolute atomic E-state index is 0.0830. The fraction of sp³-hybridized carbons (Fsp3) is 0.294. The van der Waals surface area contributed by atoms with Gasteiger partial charge in [0.1, 0.15) is 11.4 Å². The Morgan fingerprint density at radius 3 is 2.28 bits per heavy atom. The highest BCUT2D eigenvalue weighted by Gasteiger charge is 2.18. The average molecular weight is 363 g/mol. The van der Waals surface area contributed by atoms with E-state index in [2.05, 4.69) is 9.71 Å². The third-order valence-electron chi connectivity index (χ3n) is 3.63. The Bertz CT molecular complexity index is 875. The summed E-state index contributed by atoms with van der Waals surface area (Å²) >= 11 is 0. The maximum absolute atomic E-state index is 12.5. The highest BCUT2D eigenvalue weighted by molar-refractivity contribution is 7.92. The lowest BCUT2D eigenvalue weighted by Crippen LogP contribution is -2.18. The van der Waals surface area contributed by atoms with Crippen molar-refractivity contribution >= 4 is 27.5 Å². The molecule has 0 saturated heterocycles. The molecule has 8 heteroatoms. The van der Waals surface area contributed by atoms with Crippen LogP contribution in [0, 0.1) is 0 Å². The lowest BCUT2D eigenvalue weighted by Gasteiger charge is -2.15. The van der Waals surface area contributed by atoms with Crippen LogP contribution in [-0.4, -0.2) is 38.6 Å². The van der Waals surface area contributed by atoms with Crippen molar-refractivity contribution in [3.63, 3.8) is 0 Å². The number of sulfonamides is 1. The van der Waals surface area contributed by atoms with E-state index in [0.29, 0.717) is 5.92 Å². The summed E-state index contributed by atoms with van der Waals surface area (Å²) in [6, 6.07) is 7.82. The van der Waals surface area contributed by atoms with Crippen LogP contribution in [0.1, 0.15) is 35.7 Å². The summed E-state index contributed by atoms with van der Waals surface area (Å²) in [5.41, 5.74) is 1.04. The molecule has 0 bridgehead atoms. The number of carboxylic acids is 1. The van der Waals surface area contributed by atoms with E-state index in [1.165, 1.54) is 24.4 Å². The summed E-state index contributed by atoms with van der Waals surface area (Å²) in [5, 5.41) is 9.29. The van der Waals surface area contributed by atoms with Crippen molar-refractivity contribution in [2.24, 2.45) is 0 Å². The Kier molecular flexibility index (Phi) is 5.32. The molecular weight excluding hydrogens is 342 g/mol. The Morgan fingerprint density at radius 2 is 1.80 bits per heavy atom. The summed E-state index contributed by atoms with van der Waals surface area (Å²) in [6.45, 7) is 4.04. The van der Waals surface area contributed by atoms with Gasteiger partial charge in [-0.1, -0.05) is 26.0 Å². The van der Waals surface area contributed by atoms with Gasteiger partial charge in [-0.05, 0) is 29.7 Å². The SMILES string of the molecule is CC(C)c1ccc(S(=O)(=O)Nc2cnc(N(C)C)c(C(=O)O)c2)cc1. The first-order valence-electron chi connectivity index (χ1n) is 7.65. The van der Waals surface area contributed by atoms with Crippen LogP contribution < -0.4 is 9.62 Å². The van der Waals surface area contributed by atoms with Crippen molar-refractivity contribution < 1.29 is 18.3 Å². The van der Waals surface area contributed by atoms with E-state index in [9.17, 15) is 18.3 Å². The first kappa shape index (κ1) is 18.7. The van der Waals surface area contributed by atoms with Crippen LogP contribution in [0.4, 0.5) is 11.5 Å². The smallest absolute Gasteiger partial charge is 0.339 e. The molecule has 0 spiro atoms. The number of carbonyl (C=O) groups is 1. The number of pyridine rings is 1. The quantitative estimate of drug-likeness (QED) is 0.819. The van der Waals surface area contributed by atoms with Crippen LogP contribution in [0.25, 0.3) is 0 Å². The number of carboxylic acid groups (broad SMARTS) is 1. The van der Waals surface area contributed by atoms with Gasteiger partial charge < -0.3 is 10.0 Å². The molecule has 0 saturated carbocycles. The molecule has 134 valence electrons. The van der Waals surface area contributed by atoms with Crippen molar-refractivity contribution in [2.45, 2.75) is 24.7 Å². The second-order valence-electron chi connectivity index (χ2n) is 6.12. The Hall–Kier alpha value is -2.61. The van der Waals surface area contributed by atoms with Crippen molar-refractivity contribution in [1.29, 1.82) is 0 Å². The summed E-state index contributed by atoms with van der Waals surface area (Å²) in [5.74, 6) is -0.638. The molecule has 2 rings (SSSR count). The Morgan fingerprint density at radius 1 is 1.20 bits per heavy atom. The molecule has 2 N–H and O–H groups in total. The van der Waals surface area contributed by atoms with E-state index >= 15 is 0 Å². The Labute approximate surface area is 147 Å². The number of hydrogen-bond acceptors (Lipinski definition) is 5. The van der Waals surface area contributed by atoms with E-state index < -0.39 is 16.0 Å². The van der Waals surface area contributed by atoms with Crippen LogP contribution >= 0.6 is 0 Å². The number of nitrogens with zero attached hydrogens (tertiary/aromatic N) is 2. The highest BCUT2D eigenvalue weighted by atomic mass is 32.2. The van der Waals surface area contributed by atoms with Crippen LogP contribution in [0.15, 0.2) is 41.4 Å². The van der Waals surface area contributed by atoms with E-state index in [1.807, 2.05) is 13.8 Å². The standard InChI is InChI=1S/C17H21N3O4S/c1-11(2)12-5-7-14(8-6-12)25(23,24)19-13-9-15(17(21)22)16(18-10-13)20(3)4/h5-11,19H,1-4H3,(H,21,22). The van der Waals surface area contributed by atoms with Gasteiger partial charge in [0.2, 0.25) is 0 Å². The minimum atomic E-state index is -3.83. The number of rotatable bonds is 6. The van der Waals surface area contributed by atoms with Gasteiger partial charge in [0, 0.05) is 14.1 Å². The summed E-state index contributed by atoms with van der Waals surface area (Å²) in [6.07, 6.45) is 1.29. The van der Waals surface area contributed by atoms with Gasteiger partial charge >= 0.3 is 5.97 Å². The number of anilines is 2. The van der Waals surface area contributed by atoms with Crippen molar-refractivity contribution in [3.05, 3.63) is 47.7 Å². The molecule has 0 atom stereocenters. The number of aromatic nitrogens is 1. The van der Waals surface area contributed by atoms with Crippen molar-refractivity contribution in [1.82, 2.24) is 4.98 Å². The van der Waals surface area contributed by atoms with Gasteiger partial charge in [0.25, 0.3) is 10.0 Å². The summed E-state index contributed by atoms with van der Waals surface area (Å²) in [7, 11) is -0.505. The molecule has 2 aromatic rings. The van der Waals surface area contributed by atoms with Gasteiger partial charge in [-0.3, -0.25) is 4.72 Å². The van der Waals surface area contributed by atoms with Crippen LogP contribution in [0.5, 0.6) is 0 Å². The zero-order valence-electron chi connectivity index (χ0n) is 14.5. The van der Waals surface area contributed by atoms with E-state index in [0.717, 1.165) is 5.56 Å². The number of aromatic carboxylic acids is 1. The van der Waals surface area contributed by atoms with Crippen molar-refractivity contribution in [2.75, 3.05) is 23.7 Å². The molecule has 0 aliphatic rings. The van der Waals surface area contributed by atoms with Gasteiger partial charge in [-0.2, -0.15) is 0 Å². The number of nitrogens with one attached hydrogen (secondary N) is 1. The molecule has 1 heterocycles. The summed E-state index contributed by atoms with van der Waals surface area (Å²) < 4.78 is 27.3. The molecule has 25 heavy (non-hydrogen) atoms. The maximum Gasteiger partial charge on any atom is 0.339 e. The van der Waals surface area contributed by atoms with E-state index in [1.54, 1.807) is 31.1 Å². The molecule has 0 fully saturated rings. The lowest BCUT2D eigenvalue weighted by atomic mass is 10.0. The zero-order valence-corrected chi connectivity index (χ0v) is 15.3. The third-order valence-corrected chi connectivity index (χ3v) is 5.03.